The van der Waals surface area contributed by atoms with Crippen LogP contribution in [0.1, 0.15) is 22.7 Å². The van der Waals surface area contributed by atoms with Crippen LogP contribution in [0.5, 0.6) is 5.75 Å². The largest absolute Gasteiger partial charge is 0.494 e. The number of non-ortho nitro benzene ring substituents is 1. The van der Waals surface area contributed by atoms with Crippen LogP contribution in [0.3, 0.4) is 0 Å². The number of aryl methyl sites for hydroxylation is 1. The van der Waals surface area contributed by atoms with Crippen LogP contribution in [0.2, 0.25) is 0 Å². The molecular formula is C18H22N4O5. The molecule has 1 amide bonds. The van der Waals surface area contributed by atoms with Crippen molar-refractivity contribution in [2.24, 2.45) is 0 Å². The summed E-state index contributed by atoms with van der Waals surface area (Å²) in [6, 6.07) is 7.73. The Balaban J connectivity index is 1.35. The summed E-state index contributed by atoms with van der Waals surface area (Å²) < 4.78 is 10.7. The number of nitrogens with zero attached hydrogens (tertiary/aromatic N) is 4. The molecule has 1 aliphatic rings. The first-order valence-corrected chi connectivity index (χ1v) is 8.85. The summed E-state index contributed by atoms with van der Waals surface area (Å²) in [6.07, 6.45) is 0.840. The third-order valence-electron chi connectivity index (χ3n) is 4.43. The Bertz CT molecular complexity index is 781. The van der Waals surface area contributed by atoms with Crippen molar-refractivity contribution in [3.8, 4) is 5.75 Å². The molecular weight excluding hydrogens is 352 g/mol. The van der Waals surface area contributed by atoms with Crippen molar-refractivity contribution in [3.05, 3.63) is 51.9 Å². The number of hydrogen-bond acceptors (Lipinski definition) is 7. The van der Waals surface area contributed by atoms with Crippen LogP contribution in [0.25, 0.3) is 0 Å². The molecule has 0 N–H and O–H groups in total. The van der Waals surface area contributed by atoms with Crippen molar-refractivity contribution in [3.63, 3.8) is 0 Å². The van der Waals surface area contributed by atoms with Crippen molar-refractivity contribution in [1.29, 1.82) is 0 Å². The minimum absolute atomic E-state index is 0.0512. The highest BCUT2D eigenvalue weighted by atomic mass is 16.6. The number of rotatable bonds is 7. The minimum Gasteiger partial charge on any atom is -0.494 e. The first kappa shape index (κ1) is 18.8. The summed E-state index contributed by atoms with van der Waals surface area (Å²) in [4.78, 5) is 26.6. The van der Waals surface area contributed by atoms with Gasteiger partial charge in [0.1, 0.15) is 5.75 Å². The summed E-state index contributed by atoms with van der Waals surface area (Å²) in [5.41, 5.74) is 0.750. The quantitative estimate of drug-likeness (QED) is 0.415. The van der Waals surface area contributed by atoms with Gasteiger partial charge in [-0.25, -0.2) is 0 Å². The molecule has 0 aliphatic carbocycles. The fraction of sp³-hybridized carbons (Fsp3) is 0.444. The maximum atomic E-state index is 12.3. The number of carbonyl (C=O) groups excluding carboxylic acids is 1. The van der Waals surface area contributed by atoms with Crippen LogP contribution in [0.15, 0.2) is 34.9 Å². The van der Waals surface area contributed by atoms with E-state index >= 15 is 0 Å². The zero-order chi connectivity index (χ0) is 19.2. The molecule has 1 aliphatic heterocycles. The number of benzene rings is 1. The van der Waals surface area contributed by atoms with Gasteiger partial charge in [-0.2, -0.15) is 0 Å². The van der Waals surface area contributed by atoms with Gasteiger partial charge in [0.2, 0.25) is 5.76 Å². The first-order valence-electron chi connectivity index (χ1n) is 8.85. The third kappa shape index (κ3) is 5.04. The molecule has 1 aromatic carbocycles. The topological polar surface area (TPSA) is 102 Å². The highest BCUT2D eigenvalue weighted by Gasteiger charge is 2.24. The van der Waals surface area contributed by atoms with Gasteiger partial charge in [0.05, 0.1) is 17.2 Å². The zero-order valence-corrected chi connectivity index (χ0v) is 15.2. The van der Waals surface area contributed by atoms with Gasteiger partial charge >= 0.3 is 0 Å². The summed E-state index contributed by atoms with van der Waals surface area (Å²) >= 11 is 0. The van der Waals surface area contributed by atoms with Crippen molar-refractivity contribution in [2.45, 2.75) is 13.3 Å². The lowest BCUT2D eigenvalue weighted by Gasteiger charge is -2.34. The lowest BCUT2D eigenvalue weighted by molar-refractivity contribution is -0.384. The monoisotopic (exact) mass is 374 g/mol. The average molecular weight is 374 g/mol. The average Bonchev–Trinajstić information content (AvgIpc) is 3.12. The number of carbonyl (C=O) groups is 1. The van der Waals surface area contributed by atoms with E-state index in [9.17, 15) is 14.9 Å². The Hall–Kier alpha value is -2.94. The molecule has 0 spiro atoms. The number of nitro benzene ring substituents is 1. The Morgan fingerprint density at radius 1 is 1.26 bits per heavy atom. The molecule has 27 heavy (non-hydrogen) atoms. The number of amides is 1. The van der Waals surface area contributed by atoms with E-state index < -0.39 is 4.92 Å². The lowest BCUT2D eigenvalue weighted by atomic mass is 10.2. The van der Waals surface area contributed by atoms with Gasteiger partial charge in [0.15, 0.2) is 0 Å². The Kier molecular flexibility index (Phi) is 6.02. The van der Waals surface area contributed by atoms with Gasteiger partial charge in [-0.1, -0.05) is 5.16 Å². The normalized spacial score (nSPS) is 14.9. The van der Waals surface area contributed by atoms with E-state index in [1.165, 1.54) is 12.1 Å². The first-order chi connectivity index (χ1) is 13.0. The number of aromatic nitrogens is 1. The SMILES string of the molecule is Cc1cc(C(=O)N2CCN(CCCOc3ccc([N+](=O)[O-])cc3)CC2)on1. The van der Waals surface area contributed by atoms with E-state index in [0.717, 1.165) is 26.1 Å². The lowest BCUT2D eigenvalue weighted by Crippen LogP contribution is -2.48. The van der Waals surface area contributed by atoms with Crippen molar-refractivity contribution in [2.75, 3.05) is 39.3 Å². The van der Waals surface area contributed by atoms with E-state index in [-0.39, 0.29) is 17.4 Å². The van der Waals surface area contributed by atoms with Crippen molar-refractivity contribution < 1.29 is 19.0 Å². The number of piperazine rings is 1. The molecule has 1 fully saturated rings. The number of ether oxygens (including phenoxy) is 1. The molecule has 0 saturated carbocycles. The molecule has 9 nitrogen and oxygen atoms in total. The van der Waals surface area contributed by atoms with E-state index in [1.807, 2.05) is 0 Å². The van der Waals surface area contributed by atoms with Crippen LogP contribution in [0, 0.1) is 17.0 Å². The van der Waals surface area contributed by atoms with E-state index in [4.69, 9.17) is 9.26 Å². The van der Waals surface area contributed by atoms with Crippen LogP contribution >= 0.6 is 0 Å². The van der Waals surface area contributed by atoms with Crippen LogP contribution in [0.4, 0.5) is 5.69 Å². The Morgan fingerprint density at radius 3 is 2.56 bits per heavy atom. The molecule has 9 heteroatoms. The second-order valence-corrected chi connectivity index (χ2v) is 6.42. The van der Waals surface area contributed by atoms with Gasteiger partial charge in [-0.05, 0) is 25.5 Å². The zero-order valence-electron chi connectivity index (χ0n) is 15.2. The van der Waals surface area contributed by atoms with Crippen LogP contribution in [-0.2, 0) is 0 Å². The van der Waals surface area contributed by atoms with E-state index in [1.54, 1.807) is 30.0 Å². The van der Waals surface area contributed by atoms with Gasteiger partial charge in [0.25, 0.3) is 11.6 Å². The van der Waals surface area contributed by atoms with Crippen LogP contribution < -0.4 is 4.74 Å². The number of nitro groups is 1. The maximum absolute atomic E-state index is 12.3. The van der Waals surface area contributed by atoms with Gasteiger partial charge in [-0.15, -0.1) is 0 Å². The number of hydrogen-bond donors (Lipinski definition) is 0. The predicted octanol–water partition coefficient (Wildman–Crippen LogP) is 2.12. The third-order valence-corrected chi connectivity index (χ3v) is 4.43. The second-order valence-electron chi connectivity index (χ2n) is 6.42. The van der Waals surface area contributed by atoms with Crippen molar-refractivity contribution >= 4 is 11.6 Å². The van der Waals surface area contributed by atoms with E-state index in [2.05, 4.69) is 10.1 Å². The molecule has 2 heterocycles. The highest BCUT2D eigenvalue weighted by molar-refractivity contribution is 5.91. The highest BCUT2D eigenvalue weighted by Crippen LogP contribution is 2.17. The van der Waals surface area contributed by atoms with Gasteiger partial charge in [-0.3, -0.25) is 19.8 Å². The standard InChI is InChI=1S/C18H22N4O5/c1-14-13-17(27-19-14)18(23)21-10-8-20(9-11-21)7-2-12-26-16-5-3-15(4-6-16)22(24)25/h3-6,13H,2,7-12H2,1H3. The molecule has 0 radical (unpaired) electrons. The smallest absolute Gasteiger partial charge is 0.292 e. The fourth-order valence-electron chi connectivity index (χ4n) is 2.94. The summed E-state index contributed by atoms with van der Waals surface area (Å²) in [5.74, 6) is 0.799. The maximum Gasteiger partial charge on any atom is 0.292 e. The fourth-order valence-corrected chi connectivity index (χ4v) is 2.94. The summed E-state index contributed by atoms with van der Waals surface area (Å²) in [7, 11) is 0. The predicted molar refractivity (Wildman–Crippen MR) is 96.8 cm³/mol. The Morgan fingerprint density at radius 2 is 1.96 bits per heavy atom. The molecule has 1 saturated heterocycles. The molecule has 0 bridgehead atoms. The van der Waals surface area contributed by atoms with Crippen LogP contribution in [-0.4, -0.2) is 65.1 Å². The molecule has 0 unspecified atom stereocenters. The van der Waals surface area contributed by atoms with Gasteiger partial charge in [0, 0.05) is 50.9 Å². The van der Waals surface area contributed by atoms with Gasteiger partial charge < -0.3 is 14.2 Å². The molecule has 2 aromatic rings. The summed E-state index contributed by atoms with van der Waals surface area (Å²) in [6.45, 7) is 6.11. The van der Waals surface area contributed by atoms with E-state index in [0.29, 0.717) is 31.1 Å². The second kappa shape index (κ2) is 8.63. The molecule has 0 atom stereocenters. The Labute approximate surface area is 156 Å². The molecule has 3 rings (SSSR count). The molecule has 1 aromatic heterocycles. The minimum atomic E-state index is -0.433. The summed E-state index contributed by atoms with van der Waals surface area (Å²) in [5, 5.41) is 14.4. The van der Waals surface area contributed by atoms with Crippen molar-refractivity contribution in [1.82, 2.24) is 15.0 Å². The molecule has 144 valence electrons.